The number of carboxylic acid groups (broad SMARTS) is 1. The lowest BCUT2D eigenvalue weighted by molar-refractivity contribution is -0.143. The number of benzene rings is 2. The molecule has 51 heavy (non-hydrogen) atoms. The van der Waals surface area contributed by atoms with E-state index in [4.69, 9.17) is 32.8 Å². The molecule has 0 bridgehead atoms. The third-order valence-electron chi connectivity index (χ3n) is 7.81. The topological polar surface area (TPSA) is 213 Å². The van der Waals surface area contributed by atoms with Crippen LogP contribution in [-0.4, -0.2) is 58.7 Å². The zero-order valence-electron chi connectivity index (χ0n) is 28.2. The molecule has 7 N–H and O–H groups in total. The fourth-order valence-corrected chi connectivity index (χ4v) is 7.08. The first-order chi connectivity index (χ1) is 24.6. The molecule has 0 aliphatic rings. The highest BCUT2D eigenvalue weighted by Crippen LogP contribution is 2.37. The summed E-state index contributed by atoms with van der Waals surface area (Å²) in [5.74, 6) is -0.757. The molecule has 15 heteroatoms. The van der Waals surface area contributed by atoms with Gasteiger partial charge in [-0.2, -0.15) is 10.5 Å². The number of unbranched alkanes of at least 4 members (excludes halogenated alkanes) is 1. The molecule has 2 aromatic carbocycles. The van der Waals surface area contributed by atoms with Crippen LogP contribution in [0, 0.1) is 28.6 Å². The number of thiazole rings is 1. The Hall–Kier alpha value is -4.70. The van der Waals surface area contributed by atoms with Gasteiger partial charge in [-0.15, -0.1) is 11.3 Å². The molecule has 266 valence electrons. The SMILES string of the molecule is CC(C)[C@H](NC(=O)[C@H](CCCCN)NCCOc1ccc(-c2c(C#N)c(N)nc(SCc3csc(-c4ccc(Cl)cc4)n3)c2C#N)cc1)C(=O)O. The summed E-state index contributed by atoms with van der Waals surface area (Å²) in [5.41, 5.74) is 14.9. The summed E-state index contributed by atoms with van der Waals surface area (Å²) in [4.78, 5) is 33.7. The van der Waals surface area contributed by atoms with Crippen molar-refractivity contribution in [1.82, 2.24) is 20.6 Å². The number of halogens is 1. The molecule has 4 aromatic rings. The van der Waals surface area contributed by atoms with Gasteiger partial charge >= 0.3 is 5.97 Å². The summed E-state index contributed by atoms with van der Waals surface area (Å²) in [5, 5.41) is 39.3. The number of carbonyl (C=O) groups is 2. The molecule has 4 rings (SSSR count). The maximum atomic E-state index is 12.9. The van der Waals surface area contributed by atoms with Gasteiger partial charge in [0.25, 0.3) is 0 Å². The van der Waals surface area contributed by atoms with E-state index in [2.05, 4.69) is 27.8 Å². The van der Waals surface area contributed by atoms with Crippen molar-refractivity contribution < 1.29 is 19.4 Å². The quantitative estimate of drug-likeness (QED) is 0.0601. The van der Waals surface area contributed by atoms with Gasteiger partial charge in [-0.05, 0) is 55.1 Å². The number of nitrogens with zero attached hydrogens (tertiary/aromatic N) is 4. The fourth-order valence-electron chi connectivity index (χ4n) is 5.14. The Kier molecular flexibility index (Phi) is 14.6. The number of thioether (sulfide) groups is 1. The number of carbonyl (C=O) groups excluding carboxylic acids is 1. The Morgan fingerprint density at radius 3 is 2.35 bits per heavy atom. The highest BCUT2D eigenvalue weighted by atomic mass is 35.5. The lowest BCUT2D eigenvalue weighted by atomic mass is 9.97. The maximum absolute atomic E-state index is 12.9. The van der Waals surface area contributed by atoms with Crippen LogP contribution in [0.3, 0.4) is 0 Å². The van der Waals surface area contributed by atoms with Gasteiger partial charge in [0.2, 0.25) is 5.91 Å². The molecule has 0 aliphatic carbocycles. The Balaban J connectivity index is 1.43. The second-order valence-electron chi connectivity index (χ2n) is 11.8. The third kappa shape index (κ3) is 10.7. The number of anilines is 1. The van der Waals surface area contributed by atoms with Gasteiger partial charge < -0.3 is 31.9 Å². The van der Waals surface area contributed by atoms with Crippen molar-refractivity contribution in [2.75, 3.05) is 25.4 Å². The highest BCUT2D eigenvalue weighted by Gasteiger charge is 2.27. The number of carboxylic acids is 1. The van der Waals surface area contributed by atoms with Crippen LogP contribution >= 0.6 is 34.7 Å². The van der Waals surface area contributed by atoms with Crippen molar-refractivity contribution >= 4 is 52.4 Å². The lowest BCUT2D eigenvalue weighted by Crippen LogP contribution is -2.52. The van der Waals surface area contributed by atoms with Gasteiger partial charge in [0.15, 0.2) is 0 Å². The van der Waals surface area contributed by atoms with Gasteiger partial charge in [0.05, 0.1) is 17.3 Å². The zero-order chi connectivity index (χ0) is 36.9. The number of rotatable bonds is 18. The van der Waals surface area contributed by atoms with Crippen molar-refractivity contribution in [2.45, 2.75) is 56.0 Å². The number of nitriles is 2. The van der Waals surface area contributed by atoms with Gasteiger partial charge in [0, 0.05) is 33.8 Å². The second kappa shape index (κ2) is 19.1. The van der Waals surface area contributed by atoms with Crippen LogP contribution in [-0.2, 0) is 15.3 Å². The maximum Gasteiger partial charge on any atom is 0.326 e. The number of nitrogens with two attached hydrogens (primary N) is 2. The Morgan fingerprint density at radius 1 is 1.04 bits per heavy atom. The number of amides is 1. The predicted molar refractivity (Wildman–Crippen MR) is 200 cm³/mol. The van der Waals surface area contributed by atoms with Gasteiger partial charge in [-0.25, -0.2) is 14.8 Å². The average Bonchev–Trinajstić information content (AvgIpc) is 3.59. The van der Waals surface area contributed by atoms with E-state index in [1.807, 2.05) is 29.6 Å². The second-order valence-corrected chi connectivity index (χ2v) is 14.1. The summed E-state index contributed by atoms with van der Waals surface area (Å²) in [7, 11) is 0. The molecule has 0 radical (unpaired) electrons. The number of aliphatic carboxylic acids is 1. The van der Waals surface area contributed by atoms with Crippen LogP contribution < -0.4 is 26.8 Å². The van der Waals surface area contributed by atoms with Crippen LogP contribution in [0.1, 0.15) is 49.9 Å². The number of pyridine rings is 1. The van der Waals surface area contributed by atoms with E-state index >= 15 is 0 Å². The molecular weight excluding hydrogens is 708 g/mol. The number of nitrogen functional groups attached to an aromatic ring is 1. The van der Waals surface area contributed by atoms with E-state index in [0.29, 0.717) is 58.6 Å². The Bertz CT molecular complexity index is 1890. The number of ether oxygens (including phenoxy) is 1. The monoisotopic (exact) mass is 746 g/mol. The van der Waals surface area contributed by atoms with Crippen molar-refractivity contribution in [3.8, 4) is 39.6 Å². The first-order valence-corrected chi connectivity index (χ1v) is 18.5. The van der Waals surface area contributed by atoms with E-state index in [0.717, 1.165) is 22.7 Å². The first-order valence-electron chi connectivity index (χ1n) is 16.2. The molecule has 0 aliphatic heterocycles. The normalized spacial score (nSPS) is 12.1. The first kappa shape index (κ1) is 39.1. The number of nitrogens with one attached hydrogen (secondary N) is 2. The Labute approximate surface area is 310 Å². The van der Waals surface area contributed by atoms with Crippen LogP contribution in [0.15, 0.2) is 58.9 Å². The highest BCUT2D eigenvalue weighted by molar-refractivity contribution is 7.98. The summed E-state index contributed by atoms with van der Waals surface area (Å²) in [6, 6.07) is 17.1. The van der Waals surface area contributed by atoms with Crippen LogP contribution in [0.4, 0.5) is 5.82 Å². The van der Waals surface area contributed by atoms with Gasteiger partial charge in [-0.1, -0.05) is 67.9 Å². The van der Waals surface area contributed by atoms with E-state index in [-0.39, 0.29) is 35.4 Å². The molecule has 0 fully saturated rings. The Morgan fingerprint density at radius 2 is 1.73 bits per heavy atom. The number of hydrogen-bond donors (Lipinski definition) is 5. The predicted octanol–water partition coefficient (Wildman–Crippen LogP) is 5.83. The van der Waals surface area contributed by atoms with Crippen molar-refractivity contribution in [3.05, 3.63) is 75.8 Å². The minimum absolute atomic E-state index is 0.0219. The lowest BCUT2D eigenvalue weighted by Gasteiger charge is -2.23. The molecule has 0 saturated carbocycles. The molecule has 0 spiro atoms. The molecule has 12 nitrogen and oxygen atoms in total. The molecular formula is C36H39ClN8O4S2. The zero-order valence-corrected chi connectivity index (χ0v) is 30.6. The molecule has 2 atom stereocenters. The van der Waals surface area contributed by atoms with Crippen LogP contribution in [0.25, 0.3) is 21.7 Å². The van der Waals surface area contributed by atoms with E-state index in [1.165, 1.54) is 23.1 Å². The van der Waals surface area contributed by atoms with Gasteiger partial charge in [0.1, 0.15) is 52.0 Å². The minimum Gasteiger partial charge on any atom is -0.492 e. The van der Waals surface area contributed by atoms with E-state index in [1.54, 1.807) is 38.1 Å². The summed E-state index contributed by atoms with van der Waals surface area (Å²) in [6.45, 7) is 4.51. The molecule has 1 amide bonds. The third-order valence-corrected chi connectivity index (χ3v) is 10.0. The molecule has 2 heterocycles. The van der Waals surface area contributed by atoms with E-state index < -0.39 is 18.1 Å². The largest absolute Gasteiger partial charge is 0.492 e. The number of hydrogen-bond acceptors (Lipinski definition) is 12. The van der Waals surface area contributed by atoms with Crippen LogP contribution in [0.5, 0.6) is 5.75 Å². The van der Waals surface area contributed by atoms with Crippen LogP contribution in [0.2, 0.25) is 5.02 Å². The minimum atomic E-state index is -1.08. The van der Waals surface area contributed by atoms with Crippen molar-refractivity contribution in [1.29, 1.82) is 10.5 Å². The van der Waals surface area contributed by atoms with E-state index in [9.17, 15) is 25.2 Å². The summed E-state index contributed by atoms with van der Waals surface area (Å²) >= 11 is 8.83. The van der Waals surface area contributed by atoms with Gasteiger partial charge in [-0.3, -0.25) is 4.79 Å². The standard InChI is InChI=1S/C36H39ClN8O4S2/c1-21(2)31(36(47)48)44-33(46)29(5-3-4-14-38)42-15-16-49-26-12-8-22(9-13-26)30-27(17-39)32(41)45-35(28(30)18-40)51-20-25-19-50-34(43-25)23-6-10-24(37)11-7-23/h6-13,19,21,29,31,42H,3-5,14-16,20,38H2,1-2H3,(H2,41,45)(H,44,46)(H,47,48)/t29-,31-/m0/s1. The summed E-state index contributed by atoms with van der Waals surface area (Å²) < 4.78 is 5.91. The van der Waals surface area contributed by atoms with Crippen molar-refractivity contribution in [2.24, 2.45) is 11.7 Å². The van der Waals surface area contributed by atoms with Crippen molar-refractivity contribution in [3.63, 3.8) is 0 Å². The molecule has 0 saturated heterocycles. The smallest absolute Gasteiger partial charge is 0.326 e. The average molecular weight is 747 g/mol. The molecule has 2 aromatic heterocycles. The molecule has 0 unspecified atom stereocenters. The fraction of sp³-hybridized carbons (Fsp3) is 0.333. The summed E-state index contributed by atoms with van der Waals surface area (Å²) in [6.07, 6.45) is 1.94. The number of aromatic nitrogens is 2.